The predicted octanol–water partition coefficient (Wildman–Crippen LogP) is 1.86. The highest BCUT2D eigenvalue weighted by molar-refractivity contribution is 7.91. The summed E-state index contributed by atoms with van der Waals surface area (Å²) in [7, 11) is -3.10. The van der Waals surface area contributed by atoms with E-state index in [0.717, 1.165) is 18.5 Å². The smallest absolute Gasteiger partial charge is 0.222 e. The summed E-state index contributed by atoms with van der Waals surface area (Å²) in [6, 6.07) is 3.66. The number of sulfone groups is 1. The molecule has 7 heteroatoms. The Morgan fingerprint density at radius 3 is 2.52 bits per heavy atom. The lowest BCUT2D eigenvalue weighted by molar-refractivity contribution is -0.137. The first-order chi connectivity index (χ1) is 13.0. The Hall–Kier alpha value is -1.47. The number of amides is 1. The molecule has 148 valence electrons. The third-order valence-electron chi connectivity index (χ3n) is 6.49. The van der Waals surface area contributed by atoms with E-state index in [-0.39, 0.29) is 29.5 Å². The molecule has 0 aromatic carbocycles. The lowest BCUT2D eigenvalue weighted by Crippen LogP contribution is -2.60. The molecule has 4 rings (SSSR count). The second-order valence-corrected chi connectivity index (χ2v) is 10.5. The van der Waals surface area contributed by atoms with Crippen molar-refractivity contribution in [1.29, 1.82) is 0 Å². The Kier molecular flexibility index (Phi) is 5.50. The maximum absolute atomic E-state index is 12.9. The first kappa shape index (κ1) is 18.9. The van der Waals surface area contributed by atoms with Crippen molar-refractivity contribution in [3.63, 3.8) is 0 Å². The van der Waals surface area contributed by atoms with Gasteiger partial charge < -0.3 is 4.90 Å². The molecule has 0 unspecified atom stereocenters. The van der Waals surface area contributed by atoms with Crippen molar-refractivity contribution in [1.82, 2.24) is 14.8 Å². The molecule has 1 amide bonds. The Balaban J connectivity index is 1.44. The van der Waals surface area contributed by atoms with Crippen LogP contribution in [0.4, 0.5) is 0 Å². The van der Waals surface area contributed by atoms with Crippen molar-refractivity contribution >= 4 is 15.7 Å². The van der Waals surface area contributed by atoms with E-state index in [0.29, 0.717) is 25.4 Å². The molecule has 0 bridgehead atoms. The van der Waals surface area contributed by atoms with Crippen molar-refractivity contribution in [2.45, 2.75) is 57.2 Å². The number of pyridine rings is 1. The van der Waals surface area contributed by atoms with Crippen LogP contribution in [0.3, 0.4) is 0 Å². The first-order valence-electron chi connectivity index (χ1n) is 10.1. The fourth-order valence-corrected chi connectivity index (χ4v) is 7.04. The number of aromatic nitrogens is 1. The summed E-state index contributed by atoms with van der Waals surface area (Å²) in [5.41, 5.74) is 1.13. The van der Waals surface area contributed by atoms with Crippen LogP contribution in [0.25, 0.3) is 0 Å². The predicted molar refractivity (Wildman–Crippen MR) is 104 cm³/mol. The summed E-state index contributed by atoms with van der Waals surface area (Å²) in [5.74, 6) is 1.11. The number of carbonyl (C=O) groups excluding carboxylic acids is 1. The van der Waals surface area contributed by atoms with Gasteiger partial charge in [-0.3, -0.25) is 14.7 Å². The highest BCUT2D eigenvalue weighted by Gasteiger charge is 2.47. The highest BCUT2D eigenvalue weighted by Crippen LogP contribution is 2.31. The van der Waals surface area contributed by atoms with Gasteiger partial charge in [0.1, 0.15) is 0 Å². The number of fused-ring (bicyclic) bond motifs is 1. The molecule has 3 heterocycles. The van der Waals surface area contributed by atoms with E-state index in [4.69, 9.17) is 0 Å². The van der Waals surface area contributed by atoms with Crippen LogP contribution in [0, 0.1) is 5.92 Å². The molecule has 27 heavy (non-hydrogen) atoms. The van der Waals surface area contributed by atoms with Gasteiger partial charge in [-0.05, 0) is 30.0 Å². The molecule has 1 aromatic heterocycles. The summed E-state index contributed by atoms with van der Waals surface area (Å²) in [6.07, 6.45) is 10.1. The van der Waals surface area contributed by atoms with E-state index in [9.17, 15) is 13.2 Å². The molecule has 2 aliphatic heterocycles. The summed E-state index contributed by atoms with van der Waals surface area (Å²) in [5, 5.41) is 0. The van der Waals surface area contributed by atoms with E-state index in [2.05, 4.69) is 9.88 Å². The van der Waals surface area contributed by atoms with Crippen LogP contribution < -0.4 is 0 Å². The third-order valence-corrected chi connectivity index (χ3v) is 8.19. The fourth-order valence-electron chi connectivity index (χ4n) is 5.02. The molecular formula is C20H29N3O3S. The molecule has 0 radical (unpaired) electrons. The van der Waals surface area contributed by atoms with Crippen molar-refractivity contribution in [3.05, 3.63) is 30.1 Å². The van der Waals surface area contributed by atoms with Crippen LogP contribution in [0.2, 0.25) is 0 Å². The maximum Gasteiger partial charge on any atom is 0.222 e. The van der Waals surface area contributed by atoms with Crippen LogP contribution >= 0.6 is 0 Å². The average molecular weight is 392 g/mol. The number of carbonyl (C=O) groups is 1. The average Bonchev–Trinajstić information content (AvgIpc) is 3.27. The molecule has 6 nitrogen and oxygen atoms in total. The van der Waals surface area contributed by atoms with Gasteiger partial charge in [-0.25, -0.2) is 8.42 Å². The molecular weight excluding hydrogens is 362 g/mol. The lowest BCUT2D eigenvalue weighted by atomic mass is 9.99. The Morgan fingerprint density at radius 1 is 1.07 bits per heavy atom. The minimum Gasteiger partial charge on any atom is -0.336 e. The largest absolute Gasteiger partial charge is 0.336 e. The van der Waals surface area contributed by atoms with Crippen LogP contribution in [0.1, 0.15) is 44.1 Å². The molecule has 2 atom stereocenters. The van der Waals surface area contributed by atoms with Gasteiger partial charge in [0.15, 0.2) is 9.84 Å². The quantitative estimate of drug-likeness (QED) is 0.766. The number of hydrogen-bond donors (Lipinski definition) is 0. The Morgan fingerprint density at radius 2 is 1.78 bits per heavy atom. The standard InChI is InChI=1S/C20H29N3O3S/c24-20(6-5-16-3-1-2-4-16)23-12-11-22(13-17-7-9-21-10-8-17)18-14-27(25,26)15-19(18)23/h7-10,16,18-19H,1-6,11-15H2/t18-,19+/m1/s1. The zero-order chi connectivity index (χ0) is 18.9. The van der Waals surface area contributed by atoms with E-state index >= 15 is 0 Å². The second kappa shape index (κ2) is 7.87. The van der Waals surface area contributed by atoms with Crippen LogP contribution in [-0.4, -0.2) is 65.8 Å². The zero-order valence-corrected chi connectivity index (χ0v) is 16.6. The number of rotatable bonds is 5. The molecule has 1 aliphatic carbocycles. The molecule has 1 saturated carbocycles. The minimum absolute atomic E-state index is 0.0904. The van der Waals surface area contributed by atoms with E-state index < -0.39 is 9.84 Å². The Bertz CT molecular complexity index is 762. The normalized spacial score (nSPS) is 28.4. The van der Waals surface area contributed by atoms with Gasteiger partial charge in [-0.2, -0.15) is 0 Å². The van der Waals surface area contributed by atoms with Gasteiger partial charge in [0.05, 0.1) is 17.5 Å². The summed E-state index contributed by atoms with van der Waals surface area (Å²) < 4.78 is 24.7. The SMILES string of the molecule is O=C(CCC1CCCC1)N1CCN(Cc2ccncc2)[C@@H]2CS(=O)(=O)C[C@@H]21. The molecule has 0 spiro atoms. The lowest BCUT2D eigenvalue weighted by Gasteiger charge is -2.44. The minimum atomic E-state index is -3.10. The van der Waals surface area contributed by atoms with Crippen LogP contribution in [0.5, 0.6) is 0 Å². The van der Waals surface area contributed by atoms with Crippen molar-refractivity contribution in [2.24, 2.45) is 5.92 Å². The monoisotopic (exact) mass is 391 g/mol. The maximum atomic E-state index is 12.9. The van der Waals surface area contributed by atoms with Crippen LogP contribution in [-0.2, 0) is 21.2 Å². The summed E-state index contributed by atoms with van der Waals surface area (Å²) in [4.78, 5) is 21.1. The summed E-state index contributed by atoms with van der Waals surface area (Å²) in [6.45, 7) is 2.07. The first-order valence-corrected chi connectivity index (χ1v) is 12.0. The zero-order valence-electron chi connectivity index (χ0n) is 15.8. The van der Waals surface area contributed by atoms with Gasteiger partial charge in [-0.15, -0.1) is 0 Å². The van der Waals surface area contributed by atoms with Gasteiger partial charge in [-0.1, -0.05) is 25.7 Å². The fraction of sp³-hybridized carbons (Fsp3) is 0.700. The van der Waals surface area contributed by atoms with Gasteiger partial charge in [0.2, 0.25) is 5.91 Å². The van der Waals surface area contributed by atoms with Gasteiger partial charge >= 0.3 is 0 Å². The molecule has 2 saturated heterocycles. The topological polar surface area (TPSA) is 70.6 Å². The number of piperazine rings is 1. The Labute approximate surface area is 161 Å². The van der Waals surface area contributed by atoms with Gasteiger partial charge in [0.25, 0.3) is 0 Å². The number of hydrogen-bond acceptors (Lipinski definition) is 5. The van der Waals surface area contributed by atoms with Crippen LogP contribution in [0.15, 0.2) is 24.5 Å². The van der Waals surface area contributed by atoms with Crippen molar-refractivity contribution in [3.8, 4) is 0 Å². The molecule has 1 aromatic rings. The molecule has 0 N–H and O–H groups in total. The molecule has 3 fully saturated rings. The summed E-state index contributed by atoms with van der Waals surface area (Å²) >= 11 is 0. The second-order valence-electron chi connectivity index (χ2n) is 8.31. The van der Waals surface area contributed by atoms with E-state index in [1.54, 1.807) is 12.4 Å². The molecule has 3 aliphatic rings. The highest BCUT2D eigenvalue weighted by atomic mass is 32.2. The van der Waals surface area contributed by atoms with E-state index in [1.165, 1.54) is 25.7 Å². The third kappa shape index (κ3) is 4.35. The number of nitrogens with zero attached hydrogens (tertiary/aromatic N) is 3. The van der Waals surface area contributed by atoms with Gasteiger partial charge in [0, 0.05) is 44.5 Å². The van der Waals surface area contributed by atoms with E-state index in [1.807, 2.05) is 17.0 Å². The van der Waals surface area contributed by atoms with Crippen molar-refractivity contribution in [2.75, 3.05) is 24.6 Å². The van der Waals surface area contributed by atoms with Crippen molar-refractivity contribution < 1.29 is 13.2 Å².